The van der Waals surface area contributed by atoms with Gasteiger partial charge in [-0.25, -0.2) is 8.78 Å². The lowest BCUT2D eigenvalue weighted by molar-refractivity contribution is -0.296. The molecule has 0 radical (unpaired) electrons. The predicted octanol–water partition coefficient (Wildman–Crippen LogP) is 4.88. The molecule has 0 aromatic carbocycles. The van der Waals surface area contributed by atoms with Crippen LogP contribution in [0.2, 0.25) is 0 Å². The molecule has 6 aliphatic rings. The molecule has 162 valence electrons. The van der Waals surface area contributed by atoms with Crippen molar-refractivity contribution in [2.75, 3.05) is 0 Å². The minimum Gasteiger partial charge on any atom is -0.462 e. The average Bonchev–Trinajstić information content (AvgIpc) is 3.29. The Morgan fingerprint density at radius 3 is 2.03 bits per heavy atom. The Kier molecular flexibility index (Phi) is 3.57. The summed E-state index contributed by atoms with van der Waals surface area (Å²) < 4.78 is 121. The van der Waals surface area contributed by atoms with E-state index in [2.05, 4.69) is 0 Å². The fourth-order valence-corrected chi connectivity index (χ4v) is 6.53. The highest BCUT2D eigenvalue weighted by Gasteiger charge is 3.02. The van der Waals surface area contributed by atoms with Gasteiger partial charge in [-0.2, -0.15) is 26.3 Å². The van der Waals surface area contributed by atoms with Crippen LogP contribution in [0, 0.1) is 29.6 Å². The maximum Gasteiger partial charge on any atom is 0.378 e. The molecule has 0 aromatic heterocycles. The molecular weight excluding hydrogens is 412 g/mol. The molecule has 0 N–H and O–H groups in total. The van der Waals surface area contributed by atoms with Crippen LogP contribution in [0.3, 0.4) is 0 Å². The van der Waals surface area contributed by atoms with Crippen LogP contribution in [0.1, 0.15) is 32.1 Å². The van der Waals surface area contributed by atoms with E-state index in [0.29, 0.717) is 12.8 Å². The zero-order chi connectivity index (χ0) is 21.2. The van der Waals surface area contributed by atoms with E-state index in [-0.39, 0.29) is 11.8 Å². The van der Waals surface area contributed by atoms with Gasteiger partial charge in [-0.1, -0.05) is 12.2 Å². The number of hydrogen-bond acceptors (Lipinski definition) is 2. The van der Waals surface area contributed by atoms with Crippen molar-refractivity contribution in [2.24, 2.45) is 29.6 Å². The Morgan fingerprint density at radius 1 is 0.793 bits per heavy atom. The fraction of sp³-hybridized carbons (Fsp3) is 0.842. The second-order valence-corrected chi connectivity index (χ2v) is 9.13. The Bertz CT molecular complexity index is 797. The van der Waals surface area contributed by atoms with Crippen molar-refractivity contribution >= 4 is 5.97 Å². The summed E-state index contributed by atoms with van der Waals surface area (Å²) in [5.74, 6) is -23.7. The summed E-state index contributed by atoms with van der Waals surface area (Å²) in [7, 11) is 0. The van der Waals surface area contributed by atoms with E-state index in [1.165, 1.54) is 0 Å². The van der Waals surface area contributed by atoms with Crippen molar-refractivity contribution in [3.05, 3.63) is 12.2 Å². The van der Waals surface area contributed by atoms with Crippen molar-refractivity contribution in [1.82, 2.24) is 0 Å². The van der Waals surface area contributed by atoms with Crippen LogP contribution in [-0.2, 0) is 9.53 Å². The Hall–Kier alpha value is -1.35. The van der Waals surface area contributed by atoms with E-state index >= 15 is 8.78 Å². The third kappa shape index (κ3) is 1.85. The normalized spacial score (nSPS) is 52.6. The molecule has 0 spiro atoms. The van der Waals surface area contributed by atoms with Gasteiger partial charge in [0.25, 0.3) is 0 Å². The molecule has 0 heterocycles. The van der Waals surface area contributed by atoms with Crippen LogP contribution >= 0.6 is 0 Å². The maximum absolute atomic E-state index is 15.5. The molecule has 8 unspecified atom stereocenters. The highest BCUT2D eigenvalue weighted by atomic mass is 19.4. The summed E-state index contributed by atoms with van der Waals surface area (Å²) in [6.07, 6.45) is 1.61. The van der Waals surface area contributed by atoms with Gasteiger partial charge in [0, 0.05) is 11.8 Å². The summed E-state index contributed by atoms with van der Waals surface area (Å²) in [4.78, 5) is 12.5. The molecule has 0 amide bonds. The second kappa shape index (κ2) is 5.28. The lowest BCUT2D eigenvalue weighted by atomic mass is 9.54. The quantitative estimate of drug-likeness (QED) is 0.355. The summed E-state index contributed by atoms with van der Waals surface area (Å²) in [5, 5.41) is 0. The first kappa shape index (κ1) is 19.6. The van der Waals surface area contributed by atoms with E-state index in [9.17, 15) is 31.1 Å². The van der Waals surface area contributed by atoms with Crippen LogP contribution in [-0.4, -0.2) is 41.2 Å². The first-order chi connectivity index (χ1) is 13.3. The molecular formula is C19H18F8O2. The predicted molar refractivity (Wildman–Crippen MR) is 82.1 cm³/mol. The van der Waals surface area contributed by atoms with E-state index < -0.39 is 78.2 Å². The monoisotopic (exact) mass is 430 g/mol. The van der Waals surface area contributed by atoms with Gasteiger partial charge in [-0.15, -0.1) is 0 Å². The number of carbonyl (C=O) groups excluding carboxylic acids is 1. The molecule has 5 fully saturated rings. The Labute approximate surface area is 160 Å². The molecule has 4 bridgehead atoms. The summed E-state index contributed by atoms with van der Waals surface area (Å²) >= 11 is 0. The SMILES string of the molecule is O=C(OC1CC2CCC1C1(F)C(F)(F)C(F)(F)C(F)(F)C21F)C1CC2C=CC1C2. The molecule has 6 aliphatic carbocycles. The highest BCUT2D eigenvalue weighted by molar-refractivity contribution is 5.74. The zero-order valence-corrected chi connectivity index (χ0v) is 15.0. The number of alkyl halides is 8. The van der Waals surface area contributed by atoms with E-state index in [1.807, 2.05) is 12.2 Å². The molecule has 6 rings (SSSR count). The fourth-order valence-electron chi connectivity index (χ4n) is 6.53. The number of allylic oxidation sites excluding steroid dienone is 2. The summed E-state index contributed by atoms with van der Waals surface area (Å²) in [5.41, 5.74) is -9.55. The topological polar surface area (TPSA) is 26.3 Å². The van der Waals surface area contributed by atoms with E-state index in [1.54, 1.807) is 0 Å². The lowest BCUT2D eigenvalue weighted by Crippen LogP contribution is -2.73. The third-order valence-corrected chi connectivity index (χ3v) is 7.95. The van der Waals surface area contributed by atoms with Crippen LogP contribution in [0.15, 0.2) is 12.2 Å². The molecule has 0 saturated heterocycles. The van der Waals surface area contributed by atoms with Crippen molar-refractivity contribution in [1.29, 1.82) is 0 Å². The van der Waals surface area contributed by atoms with Gasteiger partial charge in [0.05, 0.1) is 5.92 Å². The number of carbonyl (C=O) groups is 1. The average molecular weight is 430 g/mol. The second-order valence-electron chi connectivity index (χ2n) is 9.13. The minimum atomic E-state index is -6.20. The Balaban J connectivity index is 1.49. The van der Waals surface area contributed by atoms with Crippen molar-refractivity contribution in [2.45, 2.75) is 67.3 Å². The highest BCUT2D eigenvalue weighted by Crippen LogP contribution is 2.77. The van der Waals surface area contributed by atoms with Gasteiger partial charge < -0.3 is 4.74 Å². The largest absolute Gasteiger partial charge is 0.462 e. The molecule has 2 nitrogen and oxygen atoms in total. The van der Waals surface area contributed by atoms with E-state index in [0.717, 1.165) is 0 Å². The number of rotatable bonds is 2. The Morgan fingerprint density at radius 2 is 1.45 bits per heavy atom. The van der Waals surface area contributed by atoms with Gasteiger partial charge in [0.15, 0.2) is 0 Å². The smallest absolute Gasteiger partial charge is 0.378 e. The van der Waals surface area contributed by atoms with Crippen molar-refractivity contribution in [3.63, 3.8) is 0 Å². The van der Waals surface area contributed by atoms with Gasteiger partial charge >= 0.3 is 23.7 Å². The van der Waals surface area contributed by atoms with E-state index in [4.69, 9.17) is 4.74 Å². The zero-order valence-electron chi connectivity index (χ0n) is 15.0. The molecule has 0 aromatic rings. The summed E-state index contributed by atoms with van der Waals surface area (Å²) in [6, 6.07) is 0. The number of esters is 1. The van der Waals surface area contributed by atoms with Gasteiger partial charge in [-0.3, -0.25) is 4.79 Å². The first-order valence-corrected chi connectivity index (χ1v) is 9.70. The molecule has 29 heavy (non-hydrogen) atoms. The van der Waals surface area contributed by atoms with Gasteiger partial charge in [-0.05, 0) is 43.9 Å². The standard InChI is InChI=1S/C19H18F8O2/c20-15-10-3-4-12(16(15,21)18(24,25)19(26,27)17(15,22)23)13(7-10)29-14(28)11-6-8-1-2-9(11)5-8/h1-2,8-13H,3-7H2. The minimum absolute atomic E-state index is 0.116. The lowest BCUT2D eigenvalue weighted by Gasteiger charge is -2.56. The maximum atomic E-state index is 15.5. The molecule has 10 heteroatoms. The number of halogens is 8. The number of ether oxygens (including phenoxy) is 1. The molecule has 0 aliphatic heterocycles. The van der Waals surface area contributed by atoms with Crippen molar-refractivity contribution < 1.29 is 44.7 Å². The molecule has 5 saturated carbocycles. The third-order valence-electron chi connectivity index (χ3n) is 7.95. The van der Waals surface area contributed by atoms with Crippen LogP contribution < -0.4 is 0 Å². The number of hydrogen-bond donors (Lipinski definition) is 0. The number of fused-ring (bicyclic) bond motifs is 4. The van der Waals surface area contributed by atoms with Gasteiger partial charge in [0.2, 0.25) is 11.3 Å². The van der Waals surface area contributed by atoms with Crippen LogP contribution in [0.4, 0.5) is 35.1 Å². The van der Waals surface area contributed by atoms with Crippen molar-refractivity contribution in [3.8, 4) is 0 Å². The van der Waals surface area contributed by atoms with Crippen LogP contribution in [0.25, 0.3) is 0 Å². The van der Waals surface area contributed by atoms with Gasteiger partial charge in [0.1, 0.15) is 6.10 Å². The van der Waals surface area contributed by atoms with Crippen LogP contribution in [0.5, 0.6) is 0 Å². The molecule has 8 atom stereocenters. The first-order valence-electron chi connectivity index (χ1n) is 9.70. The summed E-state index contributed by atoms with van der Waals surface area (Å²) in [6.45, 7) is 0.